The molecule has 1 heterocycles. The summed E-state index contributed by atoms with van der Waals surface area (Å²) in [5, 5.41) is 25.8. The number of tetrazole rings is 1. The molecule has 1 N–H and O–H groups in total. The van der Waals surface area contributed by atoms with E-state index in [9.17, 15) is 14.9 Å². The summed E-state index contributed by atoms with van der Waals surface area (Å²) in [7, 11) is 1.40. The smallest absolute Gasteiger partial charge is 0.296 e. The van der Waals surface area contributed by atoms with Crippen LogP contribution in [0.4, 0.5) is 11.4 Å². The number of nitro benzene ring substituents is 1. The minimum Gasteiger partial charge on any atom is -0.496 e. The highest BCUT2D eigenvalue weighted by Crippen LogP contribution is 2.29. The quantitative estimate of drug-likeness (QED) is 0.480. The van der Waals surface area contributed by atoms with Crippen molar-refractivity contribution in [1.29, 1.82) is 0 Å². The minimum absolute atomic E-state index is 0.0606. The van der Waals surface area contributed by atoms with Crippen LogP contribution in [0.15, 0.2) is 42.5 Å². The second-order valence-electron chi connectivity index (χ2n) is 6.61. The first-order valence-corrected chi connectivity index (χ1v) is 8.88. The lowest BCUT2D eigenvalue weighted by atomic mass is 10.0. The second-order valence-corrected chi connectivity index (χ2v) is 6.61. The van der Waals surface area contributed by atoms with E-state index < -0.39 is 10.8 Å². The maximum Gasteiger partial charge on any atom is 0.296 e. The Bertz CT molecular complexity index is 1030. The van der Waals surface area contributed by atoms with Crippen LogP contribution in [0.25, 0.3) is 11.4 Å². The number of rotatable bonds is 7. The Morgan fingerprint density at radius 1 is 1.24 bits per heavy atom. The first-order valence-electron chi connectivity index (χ1n) is 8.88. The lowest BCUT2D eigenvalue weighted by Crippen LogP contribution is -2.21. The summed E-state index contributed by atoms with van der Waals surface area (Å²) < 4.78 is 4.98. The molecule has 3 rings (SSSR count). The molecule has 3 aromatic rings. The van der Waals surface area contributed by atoms with Gasteiger partial charge in [0.15, 0.2) is 0 Å². The lowest BCUT2D eigenvalue weighted by molar-refractivity contribution is -0.384. The van der Waals surface area contributed by atoms with Crippen molar-refractivity contribution >= 4 is 17.3 Å². The number of hydrogen-bond acceptors (Lipinski definition) is 7. The van der Waals surface area contributed by atoms with Crippen molar-refractivity contribution in [3.05, 3.63) is 58.1 Å². The zero-order chi connectivity index (χ0) is 21.0. The lowest BCUT2D eigenvalue weighted by Gasteiger charge is -2.07. The highest BCUT2D eigenvalue weighted by molar-refractivity contribution is 5.93. The molecule has 0 aliphatic heterocycles. The summed E-state index contributed by atoms with van der Waals surface area (Å²) in [4.78, 5) is 24.0. The van der Waals surface area contributed by atoms with Crippen LogP contribution in [0.1, 0.15) is 25.3 Å². The number of carbonyl (C=O) groups excluding carboxylic acids is 1. The van der Waals surface area contributed by atoms with Crippen molar-refractivity contribution in [2.24, 2.45) is 0 Å². The average molecular weight is 396 g/mol. The number of amides is 1. The van der Waals surface area contributed by atoms with Crippen LogP contribution >= 0.6 is 0 Å². The van der Waals surface area contributed by atoms with Gasteiger partial charge in [0.05, 0.1) is 18.1 Å². The van der Waals surface area contributed by atoms with Gasteiger partial charge >= 0.3 is 0 Å². The molecule has 1 amide bonds. The van der Waals surface area contributed by atoms with Crippen molar-refractivity contribution in [2.45, 2.75) is 26.3 Å². The van der Waals surface area contributed by atoms with Gasteiger partial charge in [-0.15, -0.1) is 10.2 Å². The standard InChI is InChI=1S/C19H20N6O4/c1-12(2)13-4-6-14(7-5-13)19-21-23-24(22-19)11-18(26)20-16-9-8-15(29-3)10-17(16)25(27)28/h4-10,12H,11H2,1-3H3,(H,20,26). The maximum absolute atomic E-state index is 12.3. The molecule has 0 atom stereocenters. The van der Waals surface area contributed by atoms with E-state index in [1.54, 1.807) is 0 Å². The van der Waals surface area contributed by atoms with E-state index >= 15 is 0 Å². The molecule has 0 unspecified atom stereocenters. The van der Waals surface area contributed by atoms with Crippen molar-refractivity contribution in [3.8, 4) is 17.1 Å². The van der Waals surface area contributed by atoms with E-state index in [1.807, 2.05) is 24.3 Å². The van der Waals surface area contributed by atoms with Crippen molar-refractivity contribution in [1.82, 2.24) is 20.2 Å². The molecule has 150 valence electrons. The largest absolute Gasteiger partial charge is 0.496 e. The predicted octanol–water partition coefficient (Wildman–Crippen LogP) is 3.02. The molecule has 1 aromatic heterocycles. The second kappa shape index (κ2) is 8.46. The van der Waals surface area contributed by atoms with E-state index in [4.69, 9.17) is 4.74 Å². The average Bonchev–Trinajstić information content (AvgIpc) is 3.16. The monoisotopic (exact) mass is 396 g/mol. The number of ether oxygens (including phenoxy) is 1. The van der Waals surface area contributed by atoms with E-state index in [-0.39, 0.29) is 17.9 Å². The van der Waals surface area contributed by atoms with E-state index in [0.717, 1.165) is 10.4 Å². The molecule has 0 bridgehead atoms. The number of nitrogens with one attached hydrogen (secondary N) is 1. The molecular formula is C19H20N6O4. The number of methoxy groups -OCH3 is 1. The Morgan fingerprint density at radius 2 is 1.97 bits per heavy atom. The Labute approximate surface area is 166 Å². The van der Waals surface area contributed by atoms with Gasteiger partial charge in [-0.3, -0.25) is 14.9 Å². The van der Waals surface area contributed by atoms with Crippen LogP contribution < -0.4 is 10.1 Å². The zero-order valence-corrected chi connectivity index (χ0v) is 16.2. The van der Waals surface area contributed by atoms with Crippen molar-refractivity contribution in [3.63, 3.8) is 0 Å². The fraction of sp³-hybridized carbons (Fsp3) is 0.263. The maximum atomic E-state index is 12.3. The van der Waals surface area contributed by atoms with Crippen LogP contribution in [-0.2, 0) is 11.3 Å². The molecule has 10 nitrogen and oxygen atoms in total. The normalized spacial score (nSPS) is 10.8. The topological polar surface area (TPSA) is 125 Å². The molecule has 0 radical (unpaired) electrons. The summed E-state index contributed by atoms with van der Waals surface area (Å²) in [5.41, 5.74) is 1.77. The van der Waals surface area contributed by atoms with Crippen LogP contribution in [0.2, 0.25) is 0 Å². The highest BCUT2D eigenvalue weighted by Gasteiger charge is 2.18. The summed E-state index contributed by atoms with van der Waals surface area (Å²) >= 11 is 0. The Hall–Kier alpha value is -3.82. The Balaban J connectivity index is 1.70. The Morgan fingerprint density at radius 3 is 2.59 bits per heavy atom. The SMILES string of the molecule is COc1ccc(NC(=O)Cn2nnc(-c3ccc(C(C)C)cc3)n2)c([N+](=O)[O-])c1. The minimum atomic E-state index is -0.592. The summed E-state index contributed by atoms with van der Waals surface area (Å²) in [6, 6.07) is 12.0. The van der Waals surface area contributed by atoms with Gasteiger partial charge in [0, 0.05) is 5.56 Å². The summed E-state index contributed by atoms with van der Waals surface area (Å²) in [6.45, 7) is 3.98. The molecule has 10 heteroatoms. The number of benzene rings is 2. The first-order chi connectivity index (χ1) is 13.9. The molecule has 0 spiro atoms. The molecule has 0 saturated heterocycles. The van der Waals surface area contributed by atoms with E-state index in [0.29, 0.717) is 17.5 Å². The third-order valence-corrected chi connectivity index (χ3v) is 4.25. The fourth-order valence-electron chi connectivity index (χ4n) is 2.66. The van der Waals surface area contributed by atoms with Gasteiger partial charge in [-0.2, -0.15) is 4.80 Å². The summed E-state index contributed by atoms with van der Waals surface area (Å²) in [6.07, 6.45) is 0. The third kappa shape index (κ3) is 4.72. The van der Waals surface area contributed by atoms with Crippen molar-refractivity contribution < 1.29 is 14.5 Å². The molecule has 2 aromatic carbocycles. The van der Waals surface area contributed by atoms with Gasteiger partial charge in [0.2, 0.25) is 11.7 Å². The number of carbonyl (C=O) groups is 1. The number of aromatic nitrogens is 4. The third-order valence-electron chi connectivity index (χ3n) is 4.25. The van der Waals surface area contributed by atoms with Gasteiger partial charge in [0.25, 0.3) is 5.69 Å². The van der Waals surface area contributed by atoms with Crippen LogP contribution in [0.3, 0.4) is 0 Å². The highest BCUT2D eigenvalue weighted by atomic mass is 16.6. The van der Waals surface area contributed by atoms with Gasteiger partial charge in [-0.1, -0.05) is 38.1 Å². The molecular weight excluding hydrogens is 376 g/mol. The molecule has 0 fully saturated rings. The molecule has 0 aliphatic rings. The van der Waals surface area contributed by atoms with E-state index in [1.165, 1.54) is 30.9 Å². The number of nitrogens with zero attached hydrogens (tertiary/aromatic N) is 5. The van der Waals surface area contributed by atoms with Gasteiger partial charge in [0.1, 0.15) is 18.0 Å². The van der Waals surface area contributed by atoms with Gasteiger partial charge < -0.3 is 10.1 Å². The van der Waals surface area contributed by atoms with Crippen LogP contribution in [0, 0.1) is 10.1 Å². The molecule has 0 saturated carbocycles. The number of anilines is 1. The number of nitro groups is 1. The number of hydrogen-bond donors (Lipinski definition) is 1. The van der Waals surface area contributed by atoms with Crippen molar-refractivity contribution in [2.75, 3.05) is 12.4 Å². The fourth-order valence-corrected chi connectivity index (χ4v) is 2.66. The molecule has 0 aliphatic carbocycles. The van der Waals surface area contributed by atoms with Crippen LogP contribution in [-0.4, -0.2) is 38.1 Å². The van der Waals surface area contributed by atoms with Crippen LogP contribution in [0.5, 0.6) is 5.75 Å². The van der Waals surface area contributed by atoms with Gasteiger partial charge in [-0.05, 0) is 28.8 Å². The molecule has 29 heavy (non-hydrogen) atoms. The van der Waals surface area contributed by atoms with E-state index in [2.05, 4.69) is 34.6 Å². The summed E-state index contributed by atoms with van der Waals surface area (Å²) in [5.74, 6) is 0.611. The Kier molecular flexibility index (Phi) is 5.82. The zero-order valence-electron chi connectivity index (χ0n) is 16.2. The first kappa shape index (κ1) is 19.9. The van der Waals surface area contributed by atoms with Gasteiger partial charge in [-0.25, -0.2) is 0 Å². The predicted molar refractivity (Wildman–Crippen MR) is 106 cm³/mol.